The summed E-state index contributed by atoms with van der Waals surface area (Å²) in [6.45, 7) is 1.64. The summed E-state index contributed by atoms with van der Waals surface area (Å²) >= 11 is 1.03. The van der Waals surface area contributed by atoms with Crippen molar-refractivity contribution in [3.05, 3.63) is 18.2 Å². The monoisotopic (exact) mass is 446 g/mol. The van der Waals surface area contributed by atoms with E-state index in [0.29, 0.717) is 49.4 Å². The van der Waals surface area contributed by atoms with E-state index >= 15 is 0 Å². The van der Waals surface area contributed by atoms with Crippen molar-refractivity contribution in [1.29, 1.82) is 0 Å². The molecule has 4 bridgehead atoms. The number of hydrogen-bond donors (Lipinski definition) is 0. The Bertz CT molecular complexity index is 1040. The van der Waals surface area contributed by atoms with Crippen molar-refractivity contribution in [2.24, 2.45) is 38.3 Å². The van der Waals surface area contributed by atoms with Crippen molar-refractivity contribution >= 4 is 38.7 Å². The van der Waals surface area contributed by atoms with E-state index in [1.54, 1.807) is 18.2 Å². The number of benzene rings is 1. The fourth-order valence-electron chi connectivity index (χ4n) is 6.82. The van der Waals surface area contributed by atoms with Crippen molar-refractivity contribution in [3.8, 4) is 0 Å². The minimum Gasteiger partial charge on any atom is -0.340 e. The van der Waals surface area contributed by atoms with E-state index < -0.39 is 10.0 Å². The Morgan fingerprint density at radius 2 is 1.60 bits per heavy atom. The van der Waals surface area contributed by atoms with Gasteiger partial charge in [-0.3, -0.25) is 4.79 Å². The SMILES string of the molecule is O=C(C1C2CC3CC(C2)CC1C3)N1CCN(S(=O)(=O)c2cccc3c2N=S=N3)CC1. The molecule has 2 aliphatic heterocycles. The largest absolute Gasteiger partial charge is 0.340 e. The second kappa shape index (κ2) is 6.97. The predicted molar refractivity (Wildman–Crippen MR) is 114 cm³/mol. The number of fused-ring (bicyclic) bond motifs is 1. The number of carbonyl (C=O) groups is 1. The number of hydrogen-bond acceptors (Lipinski definition) is 5. The average Bonchev–Trinajstić information content (AvgIpc) is 3.22. The second-order valence-electron chi connectivity index (χ2n) is 9.57. The molecule has 0 aromatic heterocycles. The zero-order valence-electron chi connectivity index (χ0n) is 16.8. The summed E-state index contributed by atoms with van der Waals surface area (Å²) in [5.74, 6) is 3.28. The molecule has 30 heavy (non-hydrogen) atoms. The minimum atomic E-state index is -3.65. The first-order valence-electron chi connectivity index (χ1n) is 11.0. The van der Waals surface area contributed by atoms with E-state index in [1.807, 2.05) is 4.90 Å². The lowest BCUT2D eigenvalue weighted by molar-refractivity contribution is -0.150. The molecule has 7 rings (SSSR count). The van der Waals surface area contributed by atoms with Crippen LogP contribution in [0.2, 0.25) is 0 Å². The van der Waals surface area contributed by atoms with Crippen molar-refractivity contribution in [1.82, 2.24) is 9.21 Å². The molecule has 4 saturated carbocycles. The van der Waals surface area contributed by atoms with E-state index in [9.17, 15) is 13.2 Å². The van der Waals surface area contributed by atoms with Gasteiger partial charge in [0, 0.05) is 32.1 Å². The number of sulfonamides is 1. The van der Waals surface area contributed by atoms with Gasteiger partial charge >= 0.3 is 0 Å². The van der Waals surface area contributed by atoms with Crippen LogP contribution in [0.15, 0.2) is 31.8 Å². The Balaban J connectivity index is 1.16. The molecule has 0 radical (unpaired) electrons. The molecule has 1 aromatic carbocycles. The summed E-state index contributed by atoms with van der Waals surface area (Å²) in [5, 5.41) is 0. The molecule has 0 N–H and O–H groups in total. The Hall–Kier alpha value is -1.58. The van der Waals surface area contributed by atoms with Crippen molar-refractivity contribution < 1.29 is 13.2 Å². The molecule has 0 atom stereocenters. The fraction of sp³-hybridized carbons (Fsp3) is 0.667. The molecule has 1 saturated heterocycles. The third-order valence-electron chi connectivity index (χ3n) is 7.93. The minimum absolute atomic E-state index is 0.177. The van der Waals surface area contributed by atoms with Gasteiger partial charge in [-0.25, -0.2) is 8.42 Å². The van der Waals surface area contributed by atoms with Gasteiger partial charge in [-0.2, -0.15) is 13.0 Å². The maximum Gasteiger partial charge on any atom is 0.245 e. The highest BCUT2D eigenvalue weighted by Gasteiger charge is 2.51. The molecule has 0 unspecified atom stereocenters. The summed E-state index contributed by atoms with van der Waals surface area (Å²) < 4.78 is 36.3. The molecule has 1 amide bonds. The topological polar surface area (TPSA) is 82.4 Å². The predicted octanol–water partition coefficient (Wildman–Crippen LogP) is 3.32. The first-order chi connectivity index (χ1) is 14.5. The standard InChI is InChI=1S/C21H26N4O3S2/c26-21(19-15-9-13-8-14(11-15)12-16(19)10-13)24-4-6-25(7-5-24)30(27,28)18-3-1-2-17-20(18)23-29-22-17/h1-3,13-16,19H,4-12H2. The molecule has 160 valence electrons. The lowest BCUT2D eigenvalue weighted by Crippen LogP contribution is -2.56. The van der Waals surface area contributed by atoms with Crippen LogP contribution < -0.4 is 0 Å². The van der Waals surface area contributed by atoms with Gasteiger partial charge in [0.2, 0.25) is 15.9 Å². The smallest absolute Gasteiger partial charge is 0.245 e. The van der Waals surface area contributed by atoms with Gasteiger partial charge in [0.15, 0.2) is 0 Å². The summed E-state index contributed by atoms with van der Waals surface area (Å²) in [7, 11) is -3.65. The maximum absolute atomic E-state index is 13.4. The molecule has 4 aliphatic carbocycles. The third kappa shape index (κ3) is 2.92. The zero-order valence-corrected chi connectivity index (χ0v) is 18.4. The van der Waals surface area contributed by atoms with Crippen LogP contribution in [0.3, 0.4) is 0 Å². The molecule has 0 spiro atoms. The number of rotatable bonds is 3. The highest BCUT2D eigenvalue weighted by atomic mass is 32.2. The van der Waals surface area contributed by atoms with Gasteiger partial charge < -0.3 is 4.90 Å². The molecule has 7 nitrogen and oxygen atoms in total. The van der Waals surface area contributed by atoms with Crippen molar-refractivity contribution in [3.63, 3.8) is 0 Å². The highest BCUT2D eigenvalue weighted by molar-refractivity contribution is 7.89. The van der Waals surface area contributed by atoms with Crippen molar-refractivity contribution in [2.75, 3.05) is 26.2 Å². The first kappa shape index (κ1) is 19.1. The van der Waals surface area contributed by atoms with Gasteiger partial charge in [-0.1, -0.05) is 6.07 Å². The van der Waals surface area contributed by atoms with Crippen LogP contribution in [0, 0.1) is 29.6 Å². The lowest BCUT2D eigenvalue weighted by atomic mass is 9.51. The van der Waals surface area contributed by atoms with Crippen LogP contribution in [0.4, 0.5) is 11.4 Å². The summed E-state index contributed by atoms with van der Waals surface area (Å²) in [6.07, 6.45) is 6.28. The van der Waals surface area contributed by atoms with Crippen LogP contribution in [-0.4, -0.2) is 49.7 Å². The molecule has 2 heterocycles. The average molecular weight is 447 g/mol. The quantitative estimate of drug-likeness (QED) is 0.725. The van der Waals surface area contributed by atoms with Gasteiger partial charge in [0.25, 0.3) is 0 Å². The van der Waals surface area contributed by atoms with Crippen molar-refractivity contribution in [2.45, 2.75) is 37.0 Å². The fourth-order valence-corrected chi connectivity index (χ4v) is 8.99. The van der Waals surface area contributed by atoms with Gasteiger partial charge in [-0.05, 0) is 67.9 Å². The zero-order chi connectivity index (χ0) is 20.5. The van der Waals surface area contributed by atoms with E-state index in [2.05, 4.69) is 8.73 Å². The van der Waals surface area contributed by atoms with Crippen LogP contribution >= 0.6 is 0 Å². The second-order valence-corrected chi connectivity index (χ2v) is 12.0. The Morgan fingerprint density at radius 3 is 2.27 bits per heavy atom. The maximum atomic E-state index is 13.4. The number of piperazine rings is 1. The first-order valence-corrected chi connectivity index (χ1v) is 13.2. The van der Waals surface area contributed by atoms with Crippen LogP contribution in [0.1, 0.15) is 32.1 Å². The third-order valence-corrected chi connectivity index (χ3v) is 10.4. The van der Waals surface area contributed by atoms with Crippen LogP contribution in [0.25, 0.3) is 0 Å². The Morgan fingerprint density at radius 1 is 0.933 bits per heavy atom. The Kier molecular flexibility index (Phi) is 4.44. The molecule has 5 fully saturated rings. The molecular weight excluding hydrogens is 420 g/mol. The molecule has 6 aliphatic rings. The summed E-state index contributed by atoms with van der Waals surface area (Å²) in [4.78, 5) is 15.5. The van der Waals surface area contributed by atoms with E-state index in [1.165, 1.54) is 36.4 Å². The highest BCUT2D eigenvalue weighted by Crippen LogP contribution is 2.57. The summed E-state index contributed by atoms with van der Waals surface area (Å²) in [6, 6.07) is 5.09. The van der Waals surface area contributed by atoms with Gasteiger partial charge in [0.1, 0.15) is 16.3 Å². The number of nitrogens with zero attached hydrogens (tertiary/aromatic N) is 4. The van der Waals surface area contributed by atoms with Crippen LogP contribution in [-0.2, 0) is 26.2 Å². The van der Waals surface area contributed by atoms with E-state index in [4.69, 9.17) is 0 Å². The molecule has 9 heteroatoms. The number of amides is 1. The number of carbonyl (C=O) groups excluding carboxylic acids is 1. The summed E-state index contributed by atoms with van der Waals surface area (Å²) in [5.41, 5.74) is 1.05. The van der Waals surface area contributed by atoms with E-state index in [0.717, 1.165) is 23.2 Å². The lowest BCUT2D eigenvalue weighted by Gasteiger charge is -2.54. The molecule has 1 aromatic rings. The van der Waals surface area contributed by atoms with Crippen LogP contribution in [0.5, 0.6) is 0 Å². The normalized spacial score (nSPS) is 34.8. The Labute approximate surface area is 180 Å². The van der Waals surface area contributed by atoms with Gasteiger partial charge in [0.05, 0.1) is 11.4 Å². The van der Waals surface area contributed by atoms with Gasteiger partial charge in [-0.15, -0.1) is 0 Å². The van der Waals surface area contributed by atoms with E-state index in [-0.39, 0.29) is 16.7 Å². The molecular formula is C21H26N4O3S2.